The van der Waals surface area contributed by atoms with E-state index in [-0.39, 0.29) is 5.82 Å². The van der Waals surface area contributed by atoms with E-state index < -0.39 is 17.9 Å². The van der Waals surface area contributed by atoms with Crippen LogP contribution >= 0.6 is 0 Å². The molecule has 0 saturated heterocycles. The summed E-state index contributed by atoms with van der Waals surface area (Å²) in [4.78, 5) is 4.27. The number of rotatable bonds is 6. The van der Waals surface area contributed by atoms with Crippen molar-refractivity contribution in [3.05, 3.63) is 35.9 Å². The molecule has 2 N–H and O–H groups in total. The van der Waals surface area contributed by atoms with Gasteiger partial charge in [0.05, 0.1) is 6.54 Å². The van der Waals surface area contributed by atoms with E-state index in [0.29, 0.717) is 23.8 Å². The lowest BCUT2D eigenvalue weighted by molar-refractivity contribution is -0.00273. The SMILES string of the molecule is CC(NCc1nc(-c2ccc(F)cc2)n[nH]1)C(C)(C)C(F)F. The highest BCUT2D eigenvalue weighted by molar-refractivity contribution is 5.53. The van der Waals surface area contributed by atoms with Gasteiger partial charge in [-0.1, -0.05) is 13.8 Å². The number of halogens is 3. The summed E-state index contributed by atoms with van der Waals surface area (Å²) in [6, 6.07) is 5.43. The minimum atomic E-state index is -2.42. The first kappa shape index (κ1) is 16.5. The van der Waals surface area contributed by atoms with Gasteiger partial charge in [-0.25, -0.2) is 18.2 Å². The molecule has 0 bridgehead atoms. The predicted octanol–water partition coefficient (Wildman–Crippen LogP) is 3.38. The number of nitrogens with zero attached hydrogens (tertiary/aromatic N) is 2. The maximum Gasteiger partial charge on any atom is 0.245 e. The minimum absolute atomic E-state index is 0.297. The van der Waals surface area contributed by atoms with E-state index in [4.69, 9.17) is 0 Å². The molecule has 0 aliphatic heterocycles. The number of alkyl halides is 2. The summed E-state index contributed by atoms with van der Waals surface area (Å²) in [5, 5.41) is 9.82. The predicted molar refractivity (Wildman–Crippen MR) is 77.9 cm³/mol. The number of benzene rings is 1. The first-order valence-electron chi connectivity index (χ1n) is 6.99. The van der Waals surface area contributed by atoms with Gasteiger partial charge in [0, 0.05) is 17.0 Å². The van der Waals surface area contributed by atoms with Crippen LogP contribution in [0.25, 0.3) is 11.4 Å². The molecule has 0 aliphatic carbocycles. The van der Waals surface area contributed by atoms with Crippen LogP contribution in [0.5, 0.6) is 0 Å². The minimum Gasteiger partial charge on any atom is -0.307 e. The Morgan fingerprint density at radius 2 is 1.86 bits per heavy atom. The fourth-order valence-electron chi connectivity index (χ4n) is 1.80. The second kappa shape index (κ2) is 6.48. The van der Waals surface area contributed by atoms with Crippen molar-refractivity contribution in [2.45, 2.75) is 39.8 Å². The van der Waals surface area contributed by atoms with Crippen molar-refractivity contribution in [3.8, 4) is 11.4 Å². The van der Waals surface area contributed by atoms with Crippen LogP contribution in [0.4, 0.5) is 13.2 Å². The van der Waals surface area contributed by atoms with Crippen LogP contribution in [0.15, 0.2) is 24.3 Å². The van der Waals surface area contributed by atoms with Gasteiger partial charge < -0.3 is 5.32 Å². The number of hydrogen-bond donors (Lipinski definition) is 2. The highest BCUT2D eigenvalue weighted by Gasteiger charge is 2.35. The van der Waals surface area contributed by atoms with Gasteiger partial charge in [-0.3, -0.25) is 5.10 Å². The Labute approximate surface area is 127 Å². The van der Waals surface area contributed by atoms with Crippen molar-refractivity contribution in [1.82, 2.24) is 20.5 Å². The third-order valence-corrected chi connectivity index (χ3v) is 3.89. The van der Waals surface area contributed by atoms with Gasteiger partial charge in [-0.15, -0.1) is 0 Å². The lowest BCUT2D eigenvalue weighted by Crippen LogP contribution is -2.43. The maximum absolute atomic E-state index is 12.9. The van der Waals surface area contributed by atoms with Gasteiger partial charge in [-0.05, 0) is 31.2 Å². The maximum atomic E-state index is 12.9. The van der Waals surface area contributed by atoms with Gasteiger partial charge in [-0.2, -0.15) is 5.10 Å². The third kappa shape index (κ3) is 3.65. The van der Waals surface area contributed by atoms with Gasteiger partial charge in [0.1, 0.15) is 11.6 Å². The van der Waals surface area contributed by atoms with Crippen molar-refractivity contribution in [3.63, 3.8) is 0 Å². The Morgan fingerprint density at radius 3 is 2.45 bits per heavy atom. The average Bonchev–Trinajstić information content (AvgIpc) is 2.94. The first-order valence-corrected chi connectivity index (χ1v) is 6.99. The van der Waals surface area contributed by atoms with Crippen LogP contribution in [0.3, 0.4) is 0 Å². The molecule has 2 aromatic rings. The molecular formula is C15H19F3N4. The summed E-state index contributed by atoms with van der Waals surface area (Å²) in [6.07, 6.45) is -2.42. The average molecular weight is 312 g/mol. The number of H-pyrrole nitrogens is 1. The van der Waals surface area contributed by atoms with Gasteiger partial charge in [0.25, 0.3) is 0 Å². The van der Waals surface area contributed by atoms with Gasteiger partial charge in [0.15, 0.2) is 5.82 Å². The molecule has 22 heavy (non-hydrogen) atoms. The van der Waals surface area contributed by atoms with E-state index >= 15 is 0 Å². The lowest BCUT2D eigenvalue weighted by atomic mass is 9.86. The van der Waals surface area contributed by atoms with E-state index in [9.17, 15) is 13.2 Å². The second-order valence-corrected chi connectivity index (χ2v) is 5.84. The molecule has 1 aromatic carbocycles. The first-order chi connectivity index (χ1) is 10.3. The van der Waals surface area contributed by atoms with Crippen molar-refractivity contribution >= 4 is 0 Å². The van der Waals surface area contributed by atoms with E-state index in [1.807, 2.05) is 0 Å². The lowest BCUT2D eigenvalue weighted by Gasteiger charge is -2.31. The zero-order valence-electron chi connectivity index (χ0n) is 12.7. The normalized spacial score (nSPS) is 13.6. The van der Waals surface area contributed by atoms with Gasteiger partial charge >= 0.3 is 0 Å². The number of aromatic nitrogens is 3. The summed E-state index contributed by atoms with van der Waals surface area (Å²) in [7, 11) is 0. The second-order valence-electron chi connectivity index (χ2n) is 5.84. The van der Waals surface area contributed by atoms with Crippen molar-refractivity contribution in [1.29, 1.82) is 0 Å². The summed E-state index contributed by atoms with van der Waals surface area (Å²) in [5.74, 6) is 0.651. The van der Waals surface area contributed by atoms with E-state index in [0.717, 1.165) is 0 Å². The monoisotopic (exact) mass is 312 g/mol. The molecular weight excluding hydrogens is 293 g/mol. The molecule has 0 radical (unpaired) electrons. The third-order valence-electron chi connectivity index (χ3n) is 3.89. The number of aromatic amines is 1. The van der Waals surface area contributed by atoms with Crippen LogP contribution < -0.4 is 5.32 Å². The molecule has 1 atom stereocenters. The highest BCUT2D eigenvalue weighted by atomic mass is 19.3. The molecule has 1 aromatic heterocycles. The zero-order valence-corrected chi connectivity index (χ0v) is 12.7. The number of nitrogens with one attached hydrogen (secondary N) is 2. The van der Waals surface area contributed by atoms with E-state index in [2.05, 4.69) is 20.5 Å². The van der Waals surface area contributed by atoms with Crippen LogP contribution in [0.2, 0.25) is 0 Å². The Morgan fingerprint density at radius 1 is 1.23 bits per heavy atom. The molecule has 7 heteroatoms. The standard InChI is InChI=1S/C15H19F3N4/c1-9(15(2,3)14(17)18)19-8-12-20-13(22-21-12)10-4-6-11(16)7-5-10/h4-7,9,14,19H,8H2,1-3H3,(H,20,21,22). The fourth-order valence-corrected chi connectivity index (χ4v) is 1.80. The van der Waals surface area contributed by atoms with Crippen molar-refractivity contribution in [2.24, 2.45) is 5.41 Å². The molecule has 0 amide bonds. The van der Waals surface area contributed by atoms with Crippen molar-refractivity contribution in [2.75, 3.05) is 0 Å². The Balaban J connectivity index is 1.99. The molecule has 1 unspecified atom stereocenters. The smallest absolute Gasteiger partial charge is 0.245 e. The van der Waals surface area contributed by atoms with Gasteiger partial charge in [0.2, 0.25) is 6.43 Å². The Hall–Kier alpha value is -1.89. The molecule has 4 nitrogen and oxygen atoms in total. The summed E-state index contributed by atoms with van der Waals surface area (Å²) < 4.78 is 38.8. The van der Waals surface area contributed by atoms with Crippen molar-refractivity contribution < 1.29 is 13.2 Å². The molecule has 120 valence electrons. The molecule has 0 aliphatic rings. The summed E-state index contributed by atoms with van der Waals surface area (Å²) in [6.45, 7) is 5.04. The Bertz CT molecular complexity index is 608. The molecule has 0 fully saturated rings. The molecule has 2 rings (SSSR count). The molecule has 0 spiro atoms. The highest BCUT2D eigenvalue weighted by Crippen LogP contribution is 2.28. The van der Waals surface area contributed by atoms with E-state index in [1.54, 1.807) is 19.1 Å². The summed E-state index contributed by atoms with van der Waals surface area (Å²) >= 11 is 0. The van der Waals surface area contributed by atoms with Crippen LogP contribution in [-0.2, 0) is 6.54 Å². The molecule has 0 saturated carbocycles. The fraction of sp³-hybridized carbons (Fsp3) is 0.467. The van der Waals surface area contributed by atoms with Crippen LogP contribution in [0, 0.1) is 11.2 Å². The largest absolute Gasteiger partial charge is 0.307 e. The topological polar surface area (TPSA) is 53.6 Å². The molecule has 1 heterocycles. The Kier molecular flexibility index (Phi) is 4.85. The quantitative estimate of drug-likeness (QED) is 0.860. The van der Waals surface area contributed by atoms with E-state index in [1.165, 1.54) is 26.0 Å². The van der Waals surface area contributed by atoms with Crippen LogP contribution in [0.1, 0.15) is 26.6 Å². The zero-order chi connectivity index (χ0) is 16.3. The number of hydrogen-bond acceptors (Lipinski definition) is 3. The summed E-state index contributed by atoms with van der Waals surface area (Å²) in [5.41, 5.74) is -0.454. The van der Waals surface area contributed by atoms with Crippen LogP contribution in [-0.4, -0.2) is 27.6 Å².